The highest BCUT2D eigenvalue weighted by molar-refractivity contribution is 5.28. The van der Waals surface area contributed by atoms with Crippen molar-refractivity contribution in [2.24, 2.45) is 0 Å². The normalized spacial score (nSPS) is 12.7. The molecule has 1 heterocycles. The Morgan fingerprint density at radius 2 is 2.05 bits per heavy atom. The fraction of sp³-hybridized carbons (Fsp3) is 0.357. The van der Waals surface area contributed by atoms with Gasteiger partial charge in [0.15, 0.2) is 0 Å². The number of benzene rings is 1. The molecule has 1 N–H and O–H groups in total. The van der Waals surface area contributed by atoms with E-state index in [-0.39, 0.29) is 12.0 Å². The Morgan fingerprint density at radius 1 is 1.32 bits per heavy atom. The van der Waals surface area contributed by atoms with Crippen molar-refractivity contribution in [3.05, 3.63) is 53.1 Å². The summed E-state index contributed by atoms with van der Waals surface area (Å²) in [7, 11) is 0. The van der Waals surface area contributed by atoms with Gasteiger partial charge in [-0.15, -0.1) is 0 Å². The molecule has 0 fully saturated rings. The molecule has 2 aromatic rings. The molecule has 5 heteroatoms. The smallest absolute Gasteiger partial charge is 0.131 e. The largest absolute Gasteiger partial charge is 0.388 e. The summed E-state index contributed by atoms with van der Waals surface area (Å²) >= 11 is 0. The summed E-state index contributed by atoms with van der Waals surface area (Å²) in [6, 6.07) is 2.15. The first-order chi connectivity index (χ1) is 9.02. The summed E-state index contributed by atoms with van der Waals surface area (Å²) in [6.07, 6.45) is 2.60. The standard InChI is InChI=1S/C14H16F2N2O/c1-3-18-5-4-17-14(18)8-13(19)10-6-9(2)11(15)7-12(10)16/h4-7,13,19H,3,8H2,1-2H3. The van der Waals surface area contributed by atoms with Gasteiger partial charge in [0.2, 0.25) is 0 Å². The third kappa shape index (κ3) is 2.81. The summed E-state index contributed by atoms with van der Waals surface area (Å²) in [5.74, 6) is -0.662. The van der Waals surface area contributed by atoms with Crippen molar-refractivity contribution in [2.75, 3.05) is 0 Å². The summed E-state index contributed by atoms with van der Waals surface area (Å²) in [6.45, 7) is 4.23. The zero-order chi connectivity index (χ0) is 14.0. The van der Waals surface area contributed by atoms with Crippen LogP contribution >= 0.6 is 0 Å². The van der Waals surface area contributed by atoms with E-state index in [9.17, 15) is 13.9 Å². The zero-order valence-electron chi connectivity index (χ0n) is 10.9. The molecule has 1 aromatic carbocycles. The number of imidazole rings is 1. The second kappa shape index (κ2) is 5.48. The van der Waals surface area contributed by atoms with E-state index in [0.29, 0.717) is 11.4 Å². The monoisotopic (exact) mass is 266 g/mol. The summed E-state index contributed by atoms with van der Waals surface area (Å²) in [5.41, 5.74) is 0.416. The van der Waals surface area contributed by atoms with Gasteiger partial charge in [-0.2, -0.15) is 0 Å². The molecule has 0 aliphatic rings. The average molecular weight is 266 g/mol. The van der Waals surface area contributed by atoms with Crippen molar-refractivity contribution in [3.8, 4) is 0 Å². The van der Waals surface area contributed by atoms with Crippen molar-refractivity contribution in [1.82, 2.24) is 9.55 Å². The van der Waals surface area contributed by atoms with Gasteiger partial charge in [-0.25, -0.2) is 13.8 Å². The molecular weight excluding hydrogens is 250 g/mol. The predicted octanol–water partition coefficient (Wildman–Crippen LogP) is 2.77. The van der Waals surface area contributed by atoms with Gasteiger partial charge in [-0.1, -0.05) is 0 Å². The van der Waals surface area contributed by atoms with E-state index in [1.54, 1.807) is 12.4 Å². The number of rotatable bonds is 4. The van der Waals surface area contributed by atoms with Gasteiger partial charge in [-0.05, 0) is 25.5 Å². The number of aromatic nitrogens is 2. The molecule has 0 saturated heterocycles. The third-order valence-electron chi connectivity index (χ3n) is 3.16. The Labute approximate surface area is 110 Å². The van der Waals surface area contributed by atoms with E-state index in [0.717, 1.165) is 12.6 Å². The Hall–Kier alpha value is -1.75. The number of halogens is 2. The fourth-order valence-electron chi connectivity index (χ4n) is 2.04. The zero-order valence-corrected chi connectivity index (χ0v) is 10.9. The van der Waals surface area contributed by atoms with Crippen LogP contribution in [-0.4, -0.2) is 14.7 Å². The predicted molar refractivity (Wildman–Crippen MR) is 67.7 cm³/mol. The van der Waals surface area contributed by atoms with Crippen molar-refractivity contribution in [2.45, 2.75) is 32.9 Å². The maximum absolute atomic E-state index is 13.7. The van der Waals surface area contributed by atoms with Crippen molar-refractivity contribution in [3.63, 3.8) is 0 Å². The first-order valence-electron chi connectivity index (χ1n) is 6.16. The number of aliphatic hydroxyl groups is 1. The lowest BCUT2D eigenvalue weighted by molar-refractivity contribution is 0.169. The van der Waals surface area contributed by atoms with Crippen molar-refractivity contribution >= 4 is 0 Å². The molecule has 1 unspecified atom stereocenters. The Bertz CT molecular complexity index is 581. The molecule has 0 bridgehead atoms. The summed E-state index contributed by atoms with van der Waals surface area (Å²) in [4.78, 5) is 4.13. The molecule has 19 heavy (non-hydrogen) atoms. The second-order valence-electron chi connectivity index (χ2n) is 4.47. The minimum atomic E-state index is -1.04. The molecule has 0 spiro atoms. The van der Waals surface area contributed by atoms with Crippen LogP contribution in [0.5, 0.6) is 0 Å². The first-order valence-corrected chi connectivity index (χ1v) is 6.16. The van der Waals surface area contributed by atoms with Crippen molar-refractivity contribution < 1.29 is 13.9 Å². The van der Waals surface area contributed by atoms with Gasteiger partial charge in [-0.3, -0.25) is 0 Å². The molecule has 0 aliphatic carbocycles. The second-order valence-corrected chi connectivity index (χ2v) is 4.47. The maximum atomic E-state index is 13.7. The molecule has 0 radical (unpaired) electrons. The number of aliphatic hydroxyl groups excluding tert-OH is 1. The van der Waals surface area contributed by atoms with E-state index in [4.69, 9.17) is 0 Å². The van der Waals surface area contributed by atoms with Gasteiger partial charge in [0.05, 0.1) is 6.10 Å². The number of hydrogen-bond acceptors (Lipinski definition) is 2. The number of hydrogen-bond donors (Lipinski definition) is 1. The average Bonchev–Trinajstić information content (AvgIpc) is 2.80. The topological polar surface area (TPSA) is 38.0 Å². The lowest BCUT2D eigenvalue weighted by Crippen LogP contribution is -2.10. The molecule has 0 saturated carbocycles. The van der Waals surface area contributed by atoms with Gasteiger partial charge in [0.25, 0.3) is 0 Å². The summed E-state index contributed by atoms with van der Waals surface area (Å²) < 4.78 is 28.7. The van der Waals surface area contributed by atoms with Crippen LogP contribution < -0.4 is 0 Å². The van der Waals surface area contributed by atoms with Crippen LogP contribution in [0.15, 0.2) is 24.5 Å². The molecule has 3 nitrogen and oxygen atoms in total. The Balaban J connectivity index is 2.25. The van der Waals surface area contributed by atoms with Crippen LogP contribution in [0.1, 0.15) is 30.0 Å². The van der Waals surface area contributed by atoms with Crippen LogP contribution in [-0.2, 0) is 13.0 Å². The Morgan fingerprint density at radius 3 is 2.74 bits per heavy atom. The lowest BCUT2D eigenvalue weighted by Gasteiger charge is -2.13. The minimum Gasteiger partial charge on any atom is -0.388 e. The molecule has 2 rings (SSSR count). The highest BCUT2D eigenvalue weighted by Gasteiger charge is 2.17. The third-order valence-corrected chi connectivity index (χ3v) is 3.16. The van der Waals surface area contributed by atoms with Crippen LogP contribution in [0.4, 0.5) is 8.78 Å². The minimum absolute atomic E-state index is 0.101. The van der Waals surface area contributed by atoms with Crippen LogP contribution in [0, 0.1) is 18.6 Å². The van der Waals surface area contributed by atoms with Crippen molar-refractivity contribution in [1.29, 1.82) is 0 Å². The SMILES string of the molecule is CCn1ccnc1CC(O)c1cc(C)c(F)cc1F. The molecule has 0 aliphatic heterocycles. The van der Waals surface area contributed by atoms with Gasteiger partial charge < -0.3 is 9.67 Å². The van der Waals surface area contributed by atoms with Gasteiger partial charge >= 0.3 is 0 Å². The lowest BCUT2D eigenvalue weighted by atomic mass is 10.0. The van der Waals surface area contributed by atoms with E-state index in [1.807, 2.05) is 11.5 Å². The molecule has 0 amide bonds. The molecular formula is C14H16F2N2O. The van der Waals surface area contributed by atoms with Gasteiger partial charge in [0, 0.05) is 37.0 Å². The van der Waals surface area contributed by atoms with Crippen LogP contribution in [0.25, 0.3) is 0 Å². The number of aryl methyl sites for hydroxylation is 2. The van der Waals surface area contributed by atoms with E-state index in [1.165, 1.54) is 13.0 Å². The van der Waals surface area contributed by atoms with Crippen LogP contribution in [0.2, 0.25) is 0 Å². The highest BCUT2D eigenvalue weighted by Crippen LogP contribution is 2.23. The molecule has 102 valence electrons. The summed E-state index contributed by atoms with van der Waals surface area (Å²) in [5, 5.41) is 10.1. The molecule has 1 aromatic heterocycles. The fourth-order valence-corrected chi connectivity index (χ4v) is 2.04. The van der Waals surface area contributed by atoms with E-state index >= 15 is 0 Å². The quantitative estimate of drug-likeness (QED) is 0.924. The highest BCUT2D eigenvalue weighted by atomic mass is 19.1. The van der Waals surface area contributed by atoms with E-state index < -0.39 is 17.7 Å². The molecule has 1 atom stereocenters. The van der Waals surface area contributed by atoms with Crippen LogP contribution in [0.3, 0.4) is 0 Å². The number of nitrogens with zero attached hydrogens (tertiary/aromatic N) is 2. The Kier molecular flexibility index (Phi) is 3.95. The van der Waals surface area contributed by atoms with Gasteiger partial charge in [0.1, 0.15) is 17.5 Å². The maximum Gasteiger partial charge on any atom is 0.131 e. The first kappa shape index (κ1) is 13.7. The van der Waals surface area contributed by atoms with E-state index in [2.05, 4.69) is 4.98 Å².